The van der Waals surface area contributed by atoms with E-state index in [1.165, 1.54) is 21.3 Å². The SMILES string of the molecule is COc1cc(C(=O)Nc2cccc(-n3cnc4ccccc43)c2)cc(OC)c1OC. The molecule has 0 aliphatic carbocycles. The predicted molar refractivity (Wildman–Crippen MR) is 115 cm³/mol. The number of hydrogen-bond acceptors (Lipinski definition) is 5. The zero-order valence-corrected chi connectivity index (χ0v) is 16.9. The van der Waals surface area contributed by atoms with Crippen LogP contribution < -0.4 is 19.5 Å². The topological polar surface area (TPSA) is 74.6 Å². The van der Waals surface area contributed by atoms with Gasteiger partial charge < -0.3 is 19.5 Å². The number of carbonyl (C=O) groups is 1. The number of imidazole rings is 1. The lowest BCUT2D eigenvalue weighted by molar-refractivity contribution is 0.102. The van der Waals surface area contributed by atoms with Crippen LogP contribution in [0.2, 0.25) is 0 Å². The van der Waals surface area contributed by atoms with Crippen LogP contribution in [0.15, 0.2) is 67.0 Å². The number of carbonyl (C=O) groups excluding carboxylic acids is 1. The van der Waals surface area contributed by atoms with Gasteiger partial charge in [-0.3, -0.25) is 9.36 Å². The van der Waals surface area contributed by atoms with E-state index in [0.717, 1.165) is 16.7 Å². The first-order chi connectivity index (χ1) is 14.6. The summed E-state index contributed by atoms with van der Waals surface area (Å²) in [5, 5.41) is 2.92. The number of benzene rings is 3. The highest BCUT2D eigenvalue weighted by molar-refractivity contribution is 6.05. The second-order valence-corrected chi connectivity index (χ2v) is 6.52. The monoisotopic (exact) mass is 403 g/mol. The molecule has 0 radical (unpaired) electrons. The average Bonchev–Trinajstić information content (AvgIpc) is 3.22. The molecule has 0 bridgehead atoms. The van der Waals surface area contributed by atoms with Gasteiger partial charge in [-0.1, -0.05) is 18.2 Å². The Kier molecular flexibility index (Phi) is 5.26. The molecule has 0 unspecified atom stereocenters. The number of amides is 1. The zero-order chi connectivity index (χ0) is 21.1. The summed E-state index contributed by atoms with van der Waals surface area (Å²) in [7, 11) is 4.54. The Hall–Kier alpha value is -4.00. The molecule has 1 aromatic heterocycles. The van der Waals surface area contributed by atoms with Gasteiger partial charge in [0.2, 0.25) is 5.75 Å². The number of methoxy groups -OCH3 is 3. The molecule has 30 heavy (non-hydrogen) atoms. The minimum absolute atomic E-state index is 0.290. The molecule has 0 spiro atoms. The first kappa shape index (κ1) is 19.3. The van der Waals surface area contributed by atoms with Crippen molar-refractivity contribution in [3.63, 3.8) is 0 Å². The molecule has 0 saturated carbocycles. The Morgan fingerprint density at radius 1 is 0.900 bits per heavy atom. The second kappa shape index (κ2) is 8.16. The molecule has 7 heteroatoms. The van der Waals surface area contributed by atoms with Crippen LogP contribution in [0, 0.1) is 0 Å². The highest BCUT2D eigenvalue weighted by Gasteiger charge is 2.17. The third kappa shape index (κ3) is 3.53. The van der Waals surface area contributed by atoms with Crippen molar-refractivity contribution < 1.29 is 19.0 Å². The van der Waals surface area contributed by atoms with Crippen LogP contribution in [0.25, 0.3) is 16.7 Å². The van der Waals surface area contributed by atoms with Gasteiger partial charge in [-0.05, 0) is 42.5 Å². The van der Waals surface area contributed by atoms with Crippen molar-refractivity contribution >= 4 is 22.6 Å². The van der Waals surface area contributed by atoms with Crippen LogP contribution in [0.5, 0.6) is 17.2 Å². The summed E-state index contributed by atoms with van der Waals surface area (Å²) < 4.78 is 18.0. The van der Waals surface area contributed by atoms with E-state index in [1.54, 1.807) is 18.5 Å². The van der Waals surface area contributed by atoms with Gasteiger partial charge in [-0.2, -0.15) is 0 Å². The van der Waals surface area contributed by atoms with Gasteiger partial charge >= 0.3 is 0 Å². The standard InChI is InChI=1S/C23H21N3O4/c1-28-20-11-15(12-21(29-2)22(20)30-3)23(27)25-16-7-6-8-17(13-16)26-14-24-18-9-4-5-10-19(18)26/h4-14H,1-3H3,(H,25,27). The van der Waals surface area contributed by atoms with Gasteiger partial charge in [0.1, 0.15) is 6.33 Å². The van der Waals surface area contributed by atoms with Crippen molar-refractivity contribution in [2.45, 2.75) is 0 Å². The molecule has 4 rings (SSSR count). The number of para-hydroxylation sites is 2. The fraction of sp³-hybridized carbons (Fsp3) is 0.130. The molecule has 0 saturated heterocycles. The molecule has 4 aromatic rings. The molecule has 0 fully saturated rings. The van der Waals surface area contributed by atoms with E-state index in [0.29, 0.717) is 28.5 Å². The maximum Gasteiger partial charge on any atom is 0.255 e. The summed E-state index contributed by atoms with van der Waals surface area (Å²) in [6.07, 6.45) is 1.77. The summed E-state index contributed by atoms with van der Waals surface area (Å²) in [6.45, 7) is 0. The lowest BCUT2D eigenvalue weighted by atomic mass is 10.1. The van der Waals surface area contributed by atoms with Crippen molar-refractivity contribution in [3.05, 3.63) is 72.6 Å². The number of hydrogen-bond donors (Lipinski definition) is 1. The van der Waals surface area contributed by atoms with Crippen molar-refractivity contribution in [1.29, 1.82) is 0 Å². The number of rotatable bonds is 6. The summed E-state index contributed by atoms with van der Waals surface area (Å²) in [4.78, 5) is 17.3. The molecule has 1 N–H and O–H groups in total. The van der Waals surface area contributed by atoms with E-state index in [1.807, 2.05) is 53.1 Å². The normalized spacial score (nSPS) is 10.6. The fourth-order valence-electron chi connectivity index (χ4n) is 3.31. The fourth-order valence-corrected chi connectivity index (χ4v) is 3.31. The summed E-state index contributed by atoms with van der Waals surface area (Å²) in [5.41, 5.74) is 3.84. The van der Waals surface area contributed by atoms with Crippen LogP contribution in [0.1, 0.15) is 10.4 Å². The molecule has 152 valence electrons. The van der Waals surface area contributed by atoms with Crippen molar-refractivity contribution in [1.82, 2.24) is 9.55 Å². The van der Waals surface area contributed by atoms with Crippen molar-refractivity contribution in [2.75, 3.05) is 26.6 Å². The number of aromatic nitrogens is 2. The Labute approximate surface area is 173 Å². The van der Waals surface area contributed by atoms with Gasteiger partial charge in [0.05, 0.1) is 32.4 Å². The van der Waals surface area contributed by atoms with Gasteiger partial charge in [0, 0.05) is 16.9 Å². The Morgan fingerprint density at radius 2 is 1.63 bits per heavy atom. The highest BCUT2D eigenvalue weighted by atomic mass is 16.5. The van der Waals surface area contributed by atoms with Crippen LogP contribution in [-0.4, -0.2) is 36.8 Å². The molecule has 1 amide bonds. The van der Waals surface area contributed by atoms with E-state index in [2.05, 4.69) is 10.3 Å². The van der Waals surface area contributed by atoms with Gasteiger partial charge in [-0.15, -0.1) is 0 Å². The number of anilines is 1. The van der Waals surface area contributed by atoms with Gasteiger partial charge in [0.25, 0.3) is 5.91 Å². The van der Waals surface area contributed by atoms with E-state index < -0.39 is 0 Å². The van der Waals surface area contributed by atoms with E-state index in [-0.39, 0.29) is 5.91 Å². The Balaban J connectivity index is 1.64. The quantitative estimate of drug-likeness (QED) is 0.519. The molecule has 0 aliphatic rings. The third-order valence-corrected chi connectivity index (χ3v) is 4.76. The van der Waals surface area contributed by atoms with Crippen LogP contribution in [0.3, 0.4) is 0 Å². The predicted octanol–water partition coefficient (Wildman–Crippen LogP) is 4.30. The third-order valence-electron chi connectivity index (χ3n) is 4.76. The maximum atomic E-state index is 12.9. The van der Waals surface area contributed by atoms with Crippen LogP contribution in [-0.2, 0) is 0 Å². The van der Waals surface area contributed by atoms with Gasteiger partial charge in [0.15, 0.2) is 11.5 Å². The Morgan fingerprint density at radius 3 is 2.33 bits per heavy atom. The Bertz CT molecular complexity index is 1190. The first-order valence-electron chi connectivity index (χ1n) is 9.28. The minimum Gasteiger partial charge on any atom is -0.493 e. The summed E-state index contributed by atoms with van der Waals surface area (Å²) >= 11 is 0. The zero-order valence-electron chi connectivity index (χ0n) is 16.9. The number of nitrogens with zero attached hydrogens (tertiary/aromatic N) is 2. The van der Waals surface area contributed by atoms with Crippen molar-refractivity contribution in [3.8, 4) is 22.9 Å². The van der Waals surface area contributed by atoms with E-state index in [4.69, 9.17) is 14.2 Å². The number of ether oxygens (including phenoxy) is 3. The second-order valence-electron chi connectivity index (χ2n) is 6.52. The van der Waals surface area contributed by atoms with E-state index >= 15 is 0 Å². The average molecular weight is 403 g/mol. The van der Waals surface area contributed by atoms with Gasteiger partial charge in [-0.25, -0.2) is 4.98 Å². The minimum atomic E-state index is -0.290. The smallest absolute Gasteiger partial charge is 0.255 e. The molecule has 1 heterocycles. The summed E-state index contributed by atoms with van der Waals surface area (Å²) in [5.74, 6) is 0.980. The van der Waals surface area contributed by atoms with Crippen molar-refractivity contribution in [2.24, 2.45) is 0 Å². The molecule has 0 atom stereocenters. The molecule has 3 aromatic carbocycles. The lowest BCUT2D eigenvalue weighted by Gasteiger charge is -2.14. The molecular formula is C23H21N3O4. The van der Waals surface area contributed by atoms with Crippen LogP contribution >= 0.6 is 0 Å². The molecule has 7 nitrogen and oxygen atoms in total. The largest absolute Gasteiger partial charge is 0.493 e. The van der Waals surface area contributed by atoms with E-state index in [9.17, 15) is 4.79 Å². The lowest BCUT2D eigenvalue weighted by Crippen LogP contribution is -2.13. The summed E-state index contributed by atoms with van der Waals surface area (Å²) in [6, 6.07) is 18.7. The first-order valence-corrected chi connectivity index (χ1v) is 9.28. The number of nitrogens with one attached hydrogen (secondary N) is 1. The number of fused-ring (bicyclic) bond motifs is 1. The molecule has 0 aliphatic heterocycles. The maximum absolute atomic E-state index is 12.9. The van der Waals surface area contributed by atoms with Crippen LogP contribution in [0.4, 0.5) is 5.69 Å². The molecular weight excluding hydrogens is 382 g/mol. The highest BCUT2D eigenvalue weighted by Crippen LogP contribution is 2.38.